The molecule has 0 aromatic carbocycles. The summed E-state index contributed by atoms with van der Waals surface area (Å²) in [6.07, 6.45) is 5.68. The summed E-state index contributed by atoms with van der Waals surface area (Å²) in [6, 6.07) is 0.283. The molecule has 2 aliphatic rings. The number of aliphatic hydroxyl groups excluding tert-OH is 1. The van der Waals surface area contributed by atoms with E-state index in [2.05, 4.69) is 15.7 Å². The molecule has 3 rings (SSSR count). The molecule has 0 aliphatic heterocycles. The van der Waals surface area contributed by atoms with Crippen molar-refractivity contribution in [3.05, 3.63) is 16.1 Å². The zero-order valence-electron chi connectivity index (χ0n) is 9.35. The van der Waals surface area contributed by atoms with Gasteiger partial charge in [-0.3, -0.25) is 0 Å². The number of thiazole rings is 1. The van der Waals surface area contributed by atoms with Crippen LogP contribution in [0.2, 0.25) is 0 Å². The minimum absolute atomic E-state index is 0.151. The number of nitrogens with zero attached hydrogens (tertiary/aromatic N) is 1. The Morgan fingerprint density at radius 1 is 1.38 bits per heavy atom. The van der Waals surface area contributed by atoms with Crippen LogP contribution in [0.3, 0.4) is 0 Å². The van der Waals surface area contributed by atoms with Crippen LogP contribution >= 0.6 is 11.3 Å². The lowest BCUT2D eigenvalue weighted by molar-refractivity contribution is 0.148. The van der Waals surface area contributed by atoms with Gasteiger partial charge in [-0.25, -0.2) is 4.98 Å². The van der Waals surface area contributed by atoms with Crippen LogP contribution in [-0.2, 0) is 6.54 Å². The minimum Gasteiger partial charge on any atom is -0.392 e. The van der Waals surface area contributed by atoms with Crippen molar-refractivity contribution in [2.45, 2.75) is 56.7 Å². The van der Waals surface area contributed by atoms with Crippen molar-refractivity contribution < 1.29 is 5.11 Å². The fraction of sp³-hybridized carbons (Fsp3) is 0.750. The largest absolute Gasteiger partial charge is 0.392 e. The second-order valence-electron chi connectivity index (χ2n) is 4.94. The first-order chi connectivity index (χ1) is 7.83. The van der Waals surface area contributed by atoms with Gasteiger partial charge in [0.15, 0.2) is 0 Å². The first-order valence-electron chi connectivity index (χ1n) is 6.18. The first kappa shape index (κ1) is 10.7. The third kappa shape index (κ3) is 2.29. The molecule has 0 amide bonds. The molecule has 4 heteroatoms. The number of aromatic nitrogens is 1. The van der Waals surface area contributed by atoms with E-state index in [1.54, 1.807) is 11.3 Å². The Kier molecular flexibility index (Phi) is 2.96. The van der Waals surface area contributed by atoms with Gasteiger partial charge in [0.2, 0.25) is 0 Å². The van der Waals surface area contributed by atoms with Crippen LogP contribution in [0.4, 0.5) is 0 Å². The number of hydrogen-bond acceptors (Lipinski definition) is 4. The van der Waals surface area contributed by atoms with Crippen molar-refractivity contribution in [1.29, 1.82) is 0 Å². The Morgan fingerprint density at radius 3 is 2.94 bits per heavy atom. The molecule has 0 radical (unpaired) electrons. The lowest BCUT2D eigenvalue weighted by atomic mass is 10.2. The van der Waals surface area contributed by atoms with Gasteiger partial charge in [0, 0.05) is 23.9 Å². The molecular weight excluding hydrogens is 220 g/mol. The molecule has 1 heterocycles. The molecule has 2 unspecified atom stereocenters. The molecule has 2 aliphatic carbocycles. The molecule has 0 bridgehead atoms. The van der Waals surface area contributed by atoms with Gasteiger partial charge in [0.1, 0.15) is 0 Å². The number of aliphatic hydroxyl groups is 1. The number of hydrogen-bond donors (Lipinski definition) is 2. The molecule has 2 atom stereocenters. The van der Waals surface area contributed by atoms with Crippen molar-refractivity contribution in [2.24, 2.45) is 0 Å². The van der Waals surface area contributed by atoms with Gasteiger partial charge in [-0.15, -0.1) is 11.3 Å². The highest BCUT2D eigenvalue weighted by atomic mass is 32.1. The predicted octanol–water partition coefficient (Wildman–Crippen LogP) is 2.02. The summed E-state index contributed by atoms with van der Waals surface area (Å²) < 4.78 is 0. The Labute approximate surface area is 99.9 Å². The van der Waals surface area contributed by atoms with Gasteiger partial charge < -0.3 is 10.4 Å². The highest BCUT2D eigenvalue weighted by Crippen LogP contribution is 2.41. The van der Waals surface area contributed by atoms with Gasteiger partial charge in [-0.05, 0) is 32.1 Å². The molecule has 0 spiro atoms. The predicted molar refractivity (Wildman–Crippen MR) is 64.6 cm³/mol. The van der Waals surface area contributed by atoms with Crippen LogP contribution < -0.4 is 5.32 Å². The molecule has 16 heavy (non-hydrogen) atoms. The fourth-order valence-electron chi connectivity index (χ4n) is 2.34. The molecule has 3 nitrogen and oxygen atoms in total. The Balaban J connectivity index is 1.53. The normalized spacial score (nSPS) is 29.8. The van der Waals surface area contributed by atoms with Crippen molar-refractivity contribution in [3.8, 4) is 0 Å². The SMILES string of the molecule is OC1CCCC1NCc1csc(C2CC2)n1. The fourth-order valence-corrected chi connectivity index (χ4v) is 3.33. The zero-order valence-corrected chi connectivity index (χ0v) is 10.2. The zero-order chi connectivity index (χ0) is 11.0. The first-order valence-corrected chi connectivity index (χ1v) is 7.06. The van der Waals surface area contributed by atoms with E-state index in [4.69, 9.17) is 0 Å². The quantitative estimate of drug-likeness (QED) is 0.843. The van der Waals surface area contributed by atoms with Gasteiger partial charge in [0.25, 0.3) is 0 Å². The van der Waals surface area contributed by atoms with Crippen LogP contribution in [0.15, 0.2) is 5.38 Å². The maximum absolute atomic E-state index is 9.69. The highest BCUT2D eigenvalue weighted by Gasteiger charge is 2.27. The summed E-state index contributed by atoms with van der Waals surface area (Å²) in [5, 5.41) is 16.6. The summed E-state index contributed by atoms with van der Waals surface area (Å²) in [6.45, 7) is 0.810. The molecule has 2 N–H and O–H groups in total. The van der Waals surface area contributed by atoms with E-state index in [-0.39, 0.29) is 12.1 Å². The average molecular weight is 238 g/mol. The van der Waals surface area contributed by atoms with Crippen LogP contribution in [-0.4, -0.2) is 22.2 Å². The van der Waals surface area contributed by atoms with Crippen LogP contribution in [0.1, 0.15) is 48.7 Å². The summed E-state index contributed by atoms with van der Waals surface area (Å²) in [5.74, 6) is 0.760. The summed E-state index contributed by atoms with van der Waals surface area (Å²) in [7, 11) is 0. The maximum atomic E-state index is 9.69. The van der Waals surface area contributed by atoms with Crippen molar-refractivity contribution in [2.75, 3.05) is 0 Å². The Morgan fingerprint density at radius 2 is 2.25 bits per heavy atom. The third-order valence-corrected chi connectivity index (χ3v) is 4.58. The van der Waals surface area contributed by atoms with Gasteiger partial charge in [-0.2, -0.15) is 0 Å². The summed E-state index contributed by atoms with van der Waals surface area (Å²) in [4.78, 5) is 4.63. The van der Waals surface area contributed by atoms with Crippen molar-refractivity contribution >= 4 is 11.3 Å². The van der Waals surface area contributed by atoms with E-state index in [0.29, 0.717) is 0 Å². The molecule has 1 aromatic heterocycles. The molecule has 1 aromatic rings. The van der Waals surface area contributed by atoms with Crippen LogP contribution in [0.5, 0.6) is 0 Å². The molecular formula is C12H18N2OS. The molecule has 0 saturated heterocycles. The minimum atomic E-state index is -0.151. The molecule has 2 fully saturated rings. The van der Waals surface area contributed by atoms with Crippen molar-refractivity contribution in [3.63, 3.8) is 0 Å². The Hall–Kier alpha value is -0.450. The summed E-state index contributed by atoms with van der Waals surface area (Å²) in [5.41, 5.74) is 1.14. The lowest BCUT2D eigenvalue weighted by Gasteiger charge is -2.15. The number of nitrogens with one attached hydrogen (secondary N) is 1. The molecule has 88 valence electrons. The number of rotatable bonds is 4. The van der Waals surface area contributed by atoms with Crippen LogP contribution in [0, 0.1) is 0 Å². The average Bonchev–Trinajstić information content (AvgIpc) is 2.89. The smallest absolute Gasteiger partial charge is 0.0959 e. The van der Waals surface area contributed by atoms with E-state index >= 15 is 0 Å². The second-order valence-corrected chi connectivity index (χ2v) is 5.83. The lowest BCUT2D eigenvalue weighted by Crippen LogP contribution is -2.35. The van der Waals surface area contributed by atoms with Gasteiger partial charge in [-0.1, -0.05) is 0 Å². The van der Waals surface area contributed by atoms with E-state index in [0.717, 1.165) is 37.4 Å². The standard InChI is InChI=1S/C12H18N2OS/c15-11-3-1-2-10(11)13-6-9-7-16-12(14-9)8-4-5-8/h7-8,10-11,13,15H,1-6H2. The van der Waals surface area contributed by atoms with Gasteiger partial charge >= 0.3 is 0 Å². The summed E-state index contributed by atoms with van der Waals surface area (Å²) >= 11 is 1.79. The second kappa shape index (κ2) is 4.43. The molecule has 2 saturated carbocycles. The highest BCUT2D eigenvalue weighted by molar-refractivity contribution is 7.09. The van der Waals surface area contributed by atoms with E-state index in [9.17, 15) is 5.11 Å². The van der Waals surface area contributed by atoms with Gasteiger partial charge in [0.05, 0.1) is 16.8 Å². The van der Waals surface area contributed by atoms with E-state index in [1.165, 1.54) is 17.8 Å². The van der Waals surface area contributed by atoms with E-state index in [1.807, 2.05) is 0 Å². The Bertz CT molecular complexity index is 362. The third-order valence-electron chi connectivity index (χ3n) is 3.52. The van der Waals surface area contributed by atoms with E-state index < -0.39 is 0 Å². The monoisotopic (exact) mass is 238 g/mol. The maximum Gasteiger partial charge on any atom is 0.0959 e. The van der Waals surface area contributed by atoms with Crippen molar-refractivity contribution in [1.82, 2.24) is 10.3 Å². The van der Waals surface area contributed by atoms with Crippen LogP contribution in [0.25, 0.3) is 0 Å². The topological polar surface area (TPSA) is 45.1 Å².